The number of nitrogens with zero attached hydrogens (tertiary/aromatic N) is 2. The zero-order chi connectivity index (χ0) is 12.0. The molecule has 1 heterocycles. The third-order valence-electron chi connectivity index (χ3n) is 2.72. The molecule has 0 unspecified atom stereocenters. The van der Waals surface area contributed by atoms with Gasteiger partial charge >= 0.3 is 0 Å². The molecular weight excluding hydrogens is 228 g/mol. The Morgan fingerprint density at radius 2 is 2.06 bits per heavy atom. The van der Waals surface area contributed by atoms with Crippen LogP contribution < -0.4 is 0 Å². The lowest BCUT2D eigenvalue weighted by Crippen LogP contribution is -2.40. The molecule has 1 aliphatic heterocycles. The van der Waals surface area contributed by atoms with E-state index in [0.717, 1.165) is 0 Å². The van der Waals surface area contributed by atoms with Crippen LogP contribution in [0.15, 0.2) is 0 Å². The van der Waals surface area contributed by atoms with Crippen LogP contribution in [-0.2, 0) is 14.8 Å². The van der Waals surface area contributed by atoms with E-state index in [4.69, 9.17) is 10.00 Å². The summed E-state index contributed by atoms with van der Waals surface area (Å²) >= 11 is 0. The quantitative estimate of drug-likeness (QED) is 0.666. The molecule has 0 aromatic rings. The second kappa shape index (κ2) is 6.18. The largest absolute Gasteiger partial charge is 0.381 e. The average Bonchev–Trinajstić information content (AvgIpc) is 2.29. The van der Waals surface area contributed by atoms with E-state index in [-0.39, 0.29) is 18.3 Å². The van der Waals surface area contributed by atoms with Crippen LogP contribution in [0, 0.1) is 17.2 Å². The van der Waals surface area contributed by atoms with Gasteiger partial charge in [0.1, 0.15) is 0 Å². The van der Waals surface area contributed by atoms with E-state index in [1.165, 1.54) is 4.31 Å². The van der Waals surface area contributed by atoms with Crippen LogP contribution in [-0.4, -0.2) is 44.8 Å². The summed E-state index contributed by atoms with van der Waals surface area (Å²) in [5.74, 6) is 0.0521. The standard InChI is InChI=1S/C10H18N2O3S/c1-2-15-7-8-16(13,14)12-5-3-10(9-11)4-6-12/h10H,2-8H2,1H3. The molecule has 0 aliphatic carbocycles. The molecule has 0 radical (unpaired) electrons. The zero-order valence-corrected chi connectivity index (χ0v) is 10.4. The van der Waals surface area contributed by atoms with Gasteiger partial charge in [0.15, 0.2) is 0 Å². The van der Waals surface area contributed by atoms with Crippen molar-refractivity contribution in [3.63, 3.8) is 0 Å². The minimum atomic E-state index is -3.19. The minimum Gasteiger partial charge on any atom is -0.381 e. The van der Waals surface area contributed by atoms with Crippen molar-refractivity contribution in [1.82, 2.24) is 4.31 Å². The molecule has 0 atom stereocenters. The Hall–Kier alpha value is -0.640. The molecular formula is C10H18N2O3S. The molecule has 92 valence electrons. The van der Waals surface area contributed by atoms with Gasteiger partial charge in [0, 0.05) is 25.6 Å². The number of rotatable bonds is 5. The summed E-state index contributed by atoms with van der Waals surface area (Å²) in [4.78, 5) is 0. The van der Waals surface area contributed by atoms with Crippen LogP contribution in [0.1, 0.15) is 19.8 Å². The van der Waals surface area contributed by atoms with Crippen LogP contribution >= 0.6 is 0 Å². The summed E-state index contributed by atoms with van der Waals surface area (Å²) in [6.07, 6.45) is 1.29. The van der Waals surface area contributed by atoms with Crippen molar-refractivity contribution in [2.45, 2.75) is 19.8 Å². The topological polar surface area (TPSA) is 70.4 Å². The van der Waals surface area contributed by atoms with E-state index in [0.29, 0.717) is 32.5 Å². The first-order valence-corrected chi connectivity index (χ1v) is 7.16. The molecule has 1 fully saturated rings. The fourth-order valence-corrected chi connectivity index (χ4v) is 3.05. The van der Waals surface area contributed by atoms with Crippen molar-refractivity contribution < 1.29 is 13.2 Å². The summed E-state index contributed by atoms with van der Waals surface area (Å²) in [5, 5.41) is 8.72. The first-order chi connectivity index (χ1) is 7.60. The van der Waals surface area contributed by atoms with Crippen LogP contribution in [0.2, 0.25) is 0 Å². The van der Waals surface area contributed by atoms with Gasteiger partial charge in [0.25, 0.3) is 0 Å². The molecule has 1 rings (SSSR count). The van der Waals surface area contributed by atoms with Crippen molar-refractivity contribution in [2.24, 2.45) is 5.92 Å². The monoisotopic (exact) mass is 246 g/mol. The van der Waals surface area contributed by atoms with Gasteiger partial charge < -0.3 is 4.74 Å². The second-order valence-corrected chi connectivity index (χ2v) is 5.90. The predicted molar refractivity (Wildman–Crippen MR) is 60.2 cm³/mol. The normalized spacial score (nSPS) is 19.5. The number of ether oxygens (including phenoxy) is 1. The van der Waals surface area contributed by atoms with Gasteiger partial charge in [-0.3, -0.25) is 0 Å². The molecule has 0 aromatic heterocycles. The number of hydrogen-bond acceptors (Lipinski definition) is 4. The van der Waals surface area contributed by atoms with Crippen LogP contribution in [0.25, 0.3) is 0 Å². The molecule has 1 saturated heterocycles. The Labute approximate surface area is 97.0 Å². The second-order valence-electron chi connectivity index (χ2n) is 3.82. The van der Waals surface area contributed by atoms with E-state index in [2.05, 4.69) is 6.07 Å². The summed E-state index contributed by atoms with van der Waals surface area (Å²) in [6.45, 7) is 3.55. The number of hydrogen-bond donors (Lipinski definition) is 0. The smallest absolute Gasteiger partial charge is 0.216 e. The Kier molecular flexibility index (Phi) is 5.19. The maximum Gasteiger partial charge on any atom is 0.216 e. The Balaban J connectivity index is 2.43. The van der Waals surface area contributed by atoms with E-state index in [1.54, 1.807) is 0 Å². The Morgan fingerprint density at radius 3 is 2.56 bits per heavy atom. The molecule has 0 N–H and O–H groups in total. The lowest BCUT2D eigenvalue weighted by Gasteiger charge is -2.28. The van der Waals surface area contributed by atoms with E-state index < -0.39 is 10.0 Å². The molecule has 5 nitrogen and oxygen atoms in total. The zero-order valence-electron chi connectivity index (χ0n) is 9.55. The van der Waals surface area contributed by atoms with Crippen LogP contribution in [0.4, 0.5) is 0 Å². The summed E-state index contributed by atoms with van der Waals surface area (Å²) in [5.41, 5.74) is 0. The summed E-state index contributed by atoms with van der Waals surface area (Å²) in [6, 6.07) is 2.18. The molecule has 0 aromatic carbocycles. The third kappa shape index (κ3) is 3.74. The van der Waals surface area contributed by atoms with Crippen molar-refractivity contribution >= 4 is 10.0 Å². The van der Waals surface area contributed by atoms with E-state index in [9.17, 15) is 8.42 Å². The Bertz CT molecular complexity index is 340. The highest BCUT2D eigenvalue weighted by molar-refractivity contribution is 7.89. The molecule has 0 bridgehead atoms. The number of nitriles is 1. The van der Waals surface area contributed by atoms with Gasteiger partial charge in [-0.2, -0.15) is 5.26 Å². The average molecular weight is 246 g/mol. The predicted octanol–water partition coefficient (Wildman–Crippen LogP) is 0.588. The lowest BCUT2D eigenvalue weighted by atomic mass is 10.0. The van der Waals surface area contributed by atoms with Gasteiger partial charge in [-0.25, -0.2) is 12.7 Å². The molecule has 0 spiro atoms. The third-order valence-corrected chi connectivity index (χ3v) is 4.55. The van der Waals surface area contributed by atoms with E-state index >= 15 is 0 Å². The SMILES string of the molecule is CCOCCS(=O)(=O)N1CCC(C#N)CC1. The number of sulfonamides is 1. The van der Waals surface area contributed by atoms with E-state index in [1.807, 2.05) is 6.92 Å². The minimum absolute atomic E-state index is 0.0124. The highest BCUT2D eigenvalue weighted by atomic mass is 32.2. The highest BCUT2D eigenvalue weighted by Gasteiger charge is 2.27. The molecule has 0 saturated carbocycles. The lowest BCUT2D eigenvalue weighted by molar-refractivity contribution is 0.162. The maximum absolute atomic E-state index is 11.8. The first-order valence-electron chi connectivity index (χ1n) is 5.55. The number of piperidine rings is 1. The molecule has 6 heteroatoms. The fraction of sp³-hybridized carbons (Fsp3) is 0.900. The fourth-order valence-electron chi connectivity index (χ4n) is 1.70. The van der Waals surface area contributed by atoms with Crippen molar-refractivity contribution in [3.05, 3.63) is 0 Å². The molecule has 0 amide bonds. The maximum atomic E-state index is 11.8. The molecule has 1 aliphatic rings. The summed E-state index contributed by atoms with van der Waals surface area (Å²) in [7, 11) is -3.19. The molecule has 16 heavy (non-hydrogen) atoms. The highest BCUT2D eigenvalue weighted by Crippen LogP contribution is 2.18. The van der Waals surface area contributed by atoms with Gasteiger partial charge in [-0.1, -0.05) is 0 Å². The van der Waals surface area contributed by atoms with Crippen LogP contribution in [0.3, 0.4) is 0 Å². The van der Waals surface area contributed by atoms with Gasteiger partial charge in [0.05, 0.1) is 18.4 Å². The van der Waals surface area contributed by atoms with Crippen molar-refractivity contribution in [2.75, 3.05) is 32.1 Å². The Morgan fingerprint density at radius 1 is 1.44 bits per heavy atom. The van der Waals surface area contributed by atoms with Gasteiger partial charge in [-0.15, -0.1) is 0 Å². The van der Waals surface area contributed by atoms with Crippen LogP contribution in [0.5, 0.6) is 0 Å². The summed E-state index contributed by atoms with van der Waals surface area (Å²) < 4.78 is 30.2. The van der Waals surface area contributed by atoms with Gasteiger partial charge in [-0.05, 0) is 19.8 Å². The van der Waals surface area contributed by atoms with Crippen molar-refractivity contribution in [3.8, 4) is 6.07 Å². The van der Waals surface area contributed by atoms with Crippen molar-refractivity contribution in [1.29, 1.82) is 5.26 Å². The van der Waals surface area contributed by atoms with Gasteiger partial charge in [0.2, 0.25) is 10.0 Å². The first kappa shape index (κ1) is 13.4.